The maximum Gasteiger partial charge on any atom is 0.303 e. The molecule has 38 heavy (non-hydrogen) atoms. The predicted octanol–water partition coefficient (Wildman–Crippen LogP) is 7.14. The maximum absolute atomic E-state index is 15.0. The molecule has 0 aliphatic rings. The topological polar surface area (TPSA) is 75.6 Å². The van der Waals surface area contributed by atoms with Gasteiger partial charge >= 0.3 is 5.97 Å². The summed E-state index contributed by atoms with van der Waals surface area (Å²) in [5, 5.41) is 12.1. The summed E-state index contributed by atoms with van der Waals surface area (Å²) in [6.07, 6.45) is 0.449. The van der Waals surface area contributed by atoms with Gasteiger partial charge in [0.1, 0.15) is 23.8 Å². The Morgan fingerprint density at radius 2 is 1.74 bits per heavy atom. The molecule has 5 nitrogen and oxygen atoms in total. The van der Waals surface area contributed by atoms with Gasteiger partial charge in [-0.3, -0.25) is 9.59 Å². The van der Waals surface area contributed by atoms with E-state index in [1.807, 2.05) is 44.2 Å². The zero-order chi connectivity index (χ0) is 27.9. The Morgan fingerprint density at radius 3 is 2.37 bits per heavy atom. The molecule has 0 spiro atoms. The number of alkyl halides is 1. The highest BCUT2D eigenvalue weighted by Gasteiger charge is 2.26. The molecule has 1 atom stereocenters. The first-order valence-corrected chi connectivity index (χ1v) is 12.7. The van der Waals surface area contributed by atoms with E-state index < -0.39 is 29.4 Å². The number of carbonyl (C=O) groups is 2. The van der Waals surface area contributed by atoms with E-state index in [1.54, 1.807) is 18.2 Å². The molecule has 0 saturated heterocycles. The van der Waals surface area contributed by atoms with Gasteiger partial charge in [0.25, 0.3) is 5.91 Å². The van der Waals surface area contributed by atoms with Crippen molar-refractivity contribution < 1.29 is 28.2 Å². The van der Waals surface area contributed by atoms with E-state index in [0.29, 0.717) is 28.9 Å². The minimum absolute atomic E-state index is 0.110. The first-order valence-electron chi connectivity index (χ1n) is 12.7. The standard InChI is InChI=1S/C31H35F2NO4/c1-20(2)16-28(26-18-23(31(3,4)33)13-14-27(26)32)34-30(37)25-17-21(10-11-22(25)12-15-29(35)36)19-38-24-8-6-5-7-9-24/h5-11,13-14,17-18,20,28H,12,15-16,19H2,1-4H3,(H,34,37)(H,35,36). The number of para-hydroxylation sites is 1. The molecule has 0 heterocycles. The maximum atomic E-state index is 15.0. The van der Waals surface area contributed by atoms with Gasteiger partial charge in [0, 0.05) is 17.5 Å². The van der Waals surface area contributed by atoms with Gasteiger partial charge in [0.05, 0.1) is 6.04 Å². The third-order valence-electron chi connectivity index (χ3n) is 6.25. The molecule has 3 aromatic carbocycles. The van der Waals surface area contributed by atoms with Crippen molar-refractivity contribution in [2.75, 3.05) is 0 Å². The molecule has 7 heteroatoms. The lowest BCUT2D eigenvalue weighted by Crippen LogP contribution is -2.31. The fraction of sp³-hybridized carbons (Fsp3) is 0.355. The lowest BCUT2D eigenvalue weighted by Gasteiger charge is -2.24. The largest absolute Gasteiger partial charge is 0.489 e. The van der Waals surface area contributed by atoms with Crippen LogP contribution in [0.4, 0.5) is 8.78 Å². The van der Waals surface area contributed by atoms with Crippen LogP contribution in [0.2, 0.25) is 0 Å². The van der Waals surface area contributed by atoms with Crippen molar-refractivity contribution in [1.82, 2.24) is 5.32 Å². The van der Waals surface area contributed by atoms with E-state index in [9.17, 15) is 23.5 Å². The summed E-state index contributed by atoms with van der Waals surface area (Å²) in [4.78, 5) is 24.8. The number of ether oxygens (including phenoxy) is 1. The normalized spacial score (nSPS) is 12.3. The van der Waals surface area contributed by atoms with Gasteiger partial charge in [0.2, 0.25) is 0 Å². The molecule has 0 fully saturated rings. The van der Waals surface area contributed by atoms with E-state index in [2.05, 4.69) is 5.32 Å². The number of amides is 1. The van der Waals surface area contributed by atoms with Crippen LogP contribution in [0.5, 0.6) is 5.75 Å². The Labute approximate surface area is 222 Å². The molecule has 0 aromatic heterocycles. The first kappa shape index (κ1) is 28.8. The second kappa shape index (κ2) is 12.7. The average molecular weight is 524 g/mol. The number of nitrogens with one attached hydrogen (secondary N) is 1. The summed E-state index contributed by atoms with van der Waals surface area (Å²) >= 11 is 0. The highest BCUT2D eigenvalue weighted by atomic mass is 19.1. The molecule has 0 aliphatic heterocycles. The van der Waals surface area contributed by atoms with E-state index in [1.165, 1.54) is 32.0 Å². The zero-order valence-corrected chi connectivity index (χ0v) is 22.3. The van der Waals surface area contributed by atoms with Crippen molar-refractivity contribution in [3.05, 3.63) is 100 Å². The van der Waals surface area contributed by atoms with Gasteiger partial charge < -0.3 is 15.2 Å². The monoisotopic (exact) mass is 523 g/mol. The molecule has 1 unspecified atom stereocenters. The fourth-order valence-corrected chi connectivity index (χ4v) is 4.22. The third kappa shape index (κ3) is 8.13. The molecule has 3 aromatic rings. The minimum atomic E-state index is -1.67. The van der Waals surface area contributed by atoms with Crippen molar-refractivity contribution in [1.29, 1.82) is 0 Å². The van der Waals surface area contributed by atoms with Crippen LogP contribution in [0.25, 0.3) is 0 Å². The molecule has 202 valence electrons. The molecule has 0 aliphatic carbocycles. The lowest BCUT2D eigenvalue weighted by atomic mass is 9.91. The van der Waals surface area contributed by atoms with Gasteiger partial charge in [0.15, 0.2) is 0 Å². The van der Waals surface area contributed by atoms with Crippen LogP contribution >= 0.6 is 0 Å². The SMILES string of the molecule is CC(C)CC(NC(=O)c1cc(COc2ccccc2)ccc1CCC(=O)O)c1cc(C(C)(C)F)ccc1F. The molecule has 2 N–H and O–H groups in total. The first-order chi connectivity index (χ1) is 17.9. The highest BCUT2D eigenvalue weighted by molar-refractivity contribution is 5.96. The van der Waals surface area contributed by atoms with Crippen LogP contribution in [0.1, 0.15) is 79.2 Å². The van der Waals surface area contributed by atoms with Gasteiger partial charge in [-0.25, -0.2) is 8.78 Å². The lowest BCUT2D eigenvalue weighted by molar-refractivity contribution is -0.136. The Hall–Kier alpha value is -3.74. The highest BCUT2D eigenvalue weighted by Crippen LogP contribution is 2.31. The van der Waals surface area contributed by atoms with Gasteiger partial charge in [-0.2, -0.15) is 0 Å². The number of carboxylic acid groups (broad SMARTS) is 1. The van der Waals surface area contributed by atoms with Gasteiger partial charge in [-0.05, 0) is 79.6 Å². The van der Waals surface area contributed by atoms with E-state index >= 15 is 0 Å². The number of hydrogen-bond acceptors (Lipinski definition) is 3. The molecule has 1 amide bonds. The summed E-state index contributed by atoms with van der Waals surface area (Å²) < 4.78 is 35.4. The Morgan fingerprint density at radius 1 is 1.03 bits per heavy atom. The summed E-state index contributed by atoms with van der Waals surface area (Å²) in [5.74, 6) is -1.17. The number of carboxylic acids is 1. The van der Waals surface area contributed by atoms with Crippen LogP contribution in [0, 0.1) is 11.7 Å². The number of hydrogen-bond donors (Lipinski definition) is 2. The smallest absolute Gasteiger partial charge is 0.303 e. The Bertz CT molecular complexity index is 1250. The Balaban J connectivity index is 1.93. The number of aryl methyl sites for hydroxylation is 1. The van der Waals surface area contributed by atoms with Crippen molar-refractivity contribution in [3.63, 3.8) is 0 Å². The zero-order valence-electron chi connectivity index (χ0n) is 22.3. The summed E-state index contributed by atoms with van der Waals surface area (Å²) in [5.41, 5.74) is 0.453. The van der Waals surface area contributed by atoms with Crippen LogP contribution in [0.15, 0.2) is 66.7 Å². The van der Waals surface area contributed by atoms with Gasteiger partial charge in [-0.1, -0.05) is 50.2 Å². The predicted molar refractivity (Wildman–Crippen MR) is 143 cm³/mol. The van der Waals surface area contributed by atoms with E-state index in [0.717, 1.165) is 5.56 Å². The Kier molecular flexibility index (Phi) is 9.61. The minimum Gasteiger partial charge on any atom is -0.489 e. The summed E-state index contributed by atoms with van der Waals surface area (Å²) in [6.45, 7) is 6.93. The van der Waals surface area contributed by atoms with E-state index in [4.69, 9.17) is 4.74 Å². The molecular weight excluding hydrogens is 488 g/mol. The van der Waals surface area contributed by atoms with Crippen molar-refractivity contribution >= 4 is 11.9 Å². The third-order valence-corrected chi connectivity index (χ3v) is 6.25. The number of aliphatic carboxylic acids is 1. The van der Waals surface area contributed by atoms with Gasteiger partial charge in [-0.15, -0.1) is 0 Å². The second-order valence-electron chi connectivity index (χ2n) is 10.4. The van der Waals surface area contributed by atoms with Crippen LogP contribution in [-0.2, 0) is 23.5 Å². The average Bonchev–Trinajstić information content (AvgIpc) is 2.86. The quantitative estimate of drug-likeness (QED) is 0.264. The molecule has 3 rings (SSSR count). The molecule has 0 bridgehead atoms. The second-order valence-corrected chi connectivity index (χ2v) is 10.4. The van der Waals surface area contributed by atoms with E-state index in [-0.39, 0.29) is 30.9 Å². The van der Waals surface area contributed by atoms with Crippen LogP contribution in [-0.4, -0.2) is 17.0 Å². The fourth-order valence-electron chi connectivity index (χ4n) is 4.22. The van der Waals surface area contributed by atoms with Crippen molar-refractivity contribution in [2.45, 2.75) is 65.3 Å². The molecular formula is C31H35F2NO4. The van der Waals surface area contributed by atoms with Crippen molar-refractivity contribution in [2.24, 2.45) is 5.92 Å². The number of benzene rings is 3. The van der Waals surface area contributed by atoms with Crippen molar-refractivity contribution in [3.8, 4) is 5.75 Å². The number of carbonyl (C=O) groups excluding carboxylic acids is 1. The molecule has 0 saturated carbocycles. The van der Waals surface area contributed by atoms with Crippen LogP contribution in [0.3, 0.4) is 0 Å². The van der Waals surface area contributed by atoms with Crippen LogP contribution < -0.4 is 10.1 Å². The molecule has 0 radical (unpaired) electrons. The number of halogens is 2. The summed E-state index contributed by atoms with van der Waals surface area (Å²) in [7, 11) is 0. The number of rotatable bonds is 12. The summed E-state index contributed by atoms with van der Waals surface area (Å²) in [6, 6.07) is 17.9.